The summed E-state index contributed by atoms with van der Waals surface area (Å²) in [5.74, 6) is 1.63. The molecule has 37 heavy (non-hydrogen) atoms. The van der Waals surface area contributed by atoms with Gasteiger partial charge in [0.05, 0.1) is 25.3 Å². The molecule has 0 bridgehead atoms. The molecule has 5 rings (SSSR count). The van der Waals surface area contributed by atoms with Crippen LogP contribution in [0.15, 0.2) is 77.0 Å². The van der Waals surface area contributed by atoms with Crippen LogP contribution in [0.5, 0.6) is 5.75 Å². The average molecular weight is 495 g/mol. The number of nitrogens with one attached hydrogen (secondary N) is 1. The summed E-state index contributed by atoms with van der Waals surface area (Å²) in [5.41, 5.74) is 7.77. The molecule has 0 saturated carbocycles. The van der Waals surface area contributed by atoms with Crippen LogP contribution in [0, 0.1) is 20.8 Å². The van der Waals surface area contributed by atoms with E-state index in [1.165, 1.54) is 5.56 Å². The van der Waals surface area contributed by atoms with Gasteiger partial charge in [0.25, 0.3) is 5.89 Å². The maximum Gasteiger partial charge on any atom is 0.322 e. The molecule has 2 heterocycles. The minimum atomic E-state index is -0.431. The Labute approximate surface area is 216 Å². The second-order valence-corrected chi connectivity index (χ2v) is 9.46. The lowest BCUT2D eigenvalue weighted by Crippen LogP contribution is -2.45. The number of nitrogens with zero attached hydrogens (tertiary/aromatic N) is 3. The van der Waals surface area contributed by atoms with Gasteiger partial charge in [-0.3, -0.25) is 4.90 Å². The van der Waals surface area contributed by atoms with Gasteiger partial charge in [0, 0.05) is 11.3 Å². The van der Waals surface area contributed by atoms with Crippen molar-refractivity contribution in [3.8, 4) is 17.1 Å². The van der Waals surface area contributed by atoms with E-state index >= 15 is 0 Å². The molecule has 7 nitrogen and oxygen atoms in total. The molecule has 188 valence electrons. The Morgan fingerprint density at radius 1 is 0.973 bits per heavy atom. The summed E-state index contributed by atoms with van der Waals surface area (Å²) in [6.07, 6.45) is 0. The molecule has 1 atom stereocenters. The molecule has 4 aromatic rings. The zero-order valence-electron chi connectivity index (χ0n) is 21.7. The number of urea groups is 1. The Morgan fingerprint density at radius 2 is 1.78 bits per heavy atom. The monoisotopic (exact) mass is 494 g/mol. The molecule has 1 aliphatic rings. The van der Waals surface area contributed by atoms with E-state index < -0.39 is 6.04 Å². The first-order chi connectivity index (χ1) is 17.8. The van der Waals surface area contributed by atoms with E-state index in [9.17, 15) is 4.79 Å². The topological polar surface area (TPSA) is 80.5 Å². The molecule has 7 heteroatoms. The smallest absolute Gasteiger partial charge is 0.322 e. The molecule has 1 aromatic heterocycles. The van der Waals surface area contributed by atoms with Gasteiger partial charge in [0.1, 0.15) is 5.75 Å². The van der Waals surface area contributed by atoms with E-state index in [1.807, 2.05) is 68.4 Å². The summed E-state index contributed by atoms with van der Waals surface area (Å²) >= 11 is 0. The Bertz CT molecular complexity index is 1500. The van der Waals surface area contributed by atoms with Gasteiger partial charge < -0.3 is 14.6 Å². The second kappa shape index (κ2) is 9.93. The molecule has 0 radical (unpaired) electrons. The van der Waals surface area contributed by atoms with Crippen LogP contribution >= 0.6 is 0 Å². The number of rotatable bonds is 6. The predicted octanol–water partition coefficient (Wildman–Crippen LogP) is 6.37. The molecule has 0 fully saturated rings. The normalized spacial score (nSPS) is 15.6. The van der Waals surface area contributed by atoms with Crippen LogP contribution < -0.4 is 10.1 Å². The van der Waals surface area contributed by atoms with Crippen molar-refractivity contribution in [3.05, 3.63) is 106 Å². The van der Waals surface area contributed by atoms with Gasteiger partial charge in [-0.25, -0.2) is 4.79 Å². The average Bonchev–Trinajstić information content (AvgIpc) is 3.38. The zero-order valence-corrected chi connectivity index (χ0v) is 21.7. The van der Waals surface area contributed by atoms with Gasteiger partial charge in [0.2, 0.25) is 5.82 Å². The minimum Gasteiger partial charge on any atom is -0.497 e. The van der Waals surface area contributed by atoms with Crippen molar-refractivity contribution in [1.29, 1.82) is 0 Å². The SMILES string of the molecule is COc1cccc(CN2C(=O)NC(c3ccc(C)c(C)c3)C(c3nc(-c4cccc(C)c4)no3)=C2C)c1. The summed E-state index contributed by atoms with van der Waals surface area (Å²) < 4.78 is 11.2. The Hall–Kier alpha value is -4.39. The number of amides is 2. The summed E-state index contributed by atoms with van der Waals surface area (Å²) in [7, 11) is 1.63. The van der Waals surface area contributed by atoms with Gasteiger partial charge in [-0.1, -0.05) is 59.3 Å². The van der Waals surface area contributed by atoms with Crippen molar-refractivity contribution in [2.24, 2.45) is 0 Å². The van der Waals surface area contributed by atoms with E-state index in [0.717, 1.165) is 44.8 Å². The predicted molar refractivity (Wildman–Crippen MR) is 143 cm³/mol. The quantitative estimate of drug-likeness (QED) is 0.337. The fourth-order valence-corrected chi connectivity index (χ4v) is 4.63. The van der Waals surface area contributed by atoms with Crippen molar-refractivity contribution >= 4 is 11.6 Å². The van der Waals surface area contributed by atoms with Gasteiger partial charge >= 0.3 is 6.03 Å². The maximum absolute atomic E-state index is 13.4. The van der Waals surface area contributed by atoms with E-state index in [4.69, 9.17) is 14.2 Å². The first-order valence-corrected chi connectivity index (χ1v) is 12.2. The molecule has 2 amide bonds. The van der Waals surface area contributed by atoms with Crippen LogP contribution in [-0.4, -0.2) is 28.2 Å². The molecule has 0 spiro atoms. The first-order valence-electron chi connectivity index (χ1n) is 12.2. The molecular weight excluding hydrogens is 464 g/mol. The van der Waals surface area contributed by atoms with Crippen molar-refractivity contribution in [3.63, 3.8) is 0 Å². The Morgan fingerprint density at radius 3 is 2.54 bits per heavy atom. The number of hydrogen-bond donors (Lipinski definition) is 1. The lowest BCUT2D eigenvalue weighted by atomic mass is 9.92. The summed E-state index contributed by atoms with van der Waals surface area (Å²) in [6.45, 7) is 8.47. The van der Waals surface area contributed by atoms with E-state index in [1.54, 1.807) is 12.0 Å². The van der Waals surface area contributed by atoms with Crippen molar-refractivity contribution < 1.29 is 14.1 Å². The number of carbonyl (C=O) groups excluding carboxylic acids is 1. The highest BCUT2D eigenvalue weighted by Gasteiger charge is 2.36. The number of benzene rings is 3. The summed E-state index contributed by atoms with van der Waals surface area (Å²) in [4.78, 5) is 19.9. The van der Waals surface area contributed by atoms with Gasteiger partial charge in [-0.2, -0.15) is 4.98 Å². The molecule has 1 aliphatic heterocycles. The fourth-order valence-electron chi connectivity index (χ4n) is 4.63. The summed E-state index contributed by atoms with van der Waals surface area (Å²) in [5, 5.41) is 7.47. The lowest BCUT2D eigenvalue weighted by Gasteiger charge is -2.35. The Kier molecular flexibility index (Phi) is 6.53. The lowest BCUT2D eigenvalue weighted by molar-refractivity contribution is 0.203. The highest BCUT2D eigenvalue weighted by atomic mass is 16.5. The van der Waals surface area contributed by atoms with Crippen molar-refractivity contribution in [1.82, 2.24) is 20.4 Å². The van der Waals surface area contributed by atoms with E-state index in [-0.39, 0.29) is 6.03 Å². The third-order valence-corrected chi connectivity index (χ3v) is 6.87. The standard InChI is InChI=1S/C30H30N4O3/c1-18-8-6-10-24(14-18)28-32-29(37-33-28)26-21(4)34(17-22-9-7-11-25(16-22)36-5)30(35)31-27(26)23-13-12-19(2)20(3)15-23/h6-16,27H,17H2,1-5H3,(H,31,35). The number of hydrogen-bond acceptors (Lipinski definition) is 5. The maximum atomic E-state index is 13.4. The third kappa shape index (κ3) is 4.85. The van der Waals surface area contributed by atoms with Crippen LogP contribution in [0.2, 0.25) is 0 Å². The van der Waals surface area contributed by atoms with Crippen LogP contribution in [0.4, 0.5) is 4.79 Å². The highest BCUT2D eigenvalue weighted by Crippen LogP contribution is 2.38. The van der Waals surface area contributed by atoms with Gasteiger partial charge in [-0.15, -0.1) is 0 Å². The molecule has 1 unspecified atom stereocenters. The van der Waals surface area contributed by atoms with Gasteiger partial charge in [0.15, 0.2) is 0 Å². The van der Waals surface area contributed by atoms with Gasteiger partial charge in [-0.05, 0) is 68.1 Å². The number of ether oxygens (including phenoxy) is 1. The molecule has 0 saturated heterocycles. The van der Waals surface area contributed by atoms with Crippen LogP contribution in [0.3, 0.4) is 0 Å². The third-order valence-electron chi connectivity index (χ3n) is 6.87. The summed E-state index contributed by atoms with van der Waals surface area (Å²) in [6, 6.07) is 21.3. The highest BCUT2D eigenvalue weighted by molar-refractivity contribution is 5.87. The number of aromatic nitrogens is 2. The second-order valence-electron chi connectivity index (χ2n) is 9.46. The molecule has 0 aliphatic carbocycles. The van der Waals surface area contributed by atoms with Crippen molar-refractivity contribution in [2.75, 3.05) is 7.11 Å². The molecule has 3 aromatic carbocycles. The van der Waals surface area contributed by atoms with Crippen LogP contribution in [0.1, 0.15) is 46.7 Å². The molecule has 1 N–H and O–H groups in total. The number of aryl methyl sites for hydroxylation is 3. The number of carbonyl (C=O) groups is 1. The van der Waals surface area contributed by atoms with Crippen molar-refractivity contribution in [2.45, 2.75) is 40.3 Å². The van der Waals surface area contributed by atoms with Crippen LogP contribution in [-0.2, 0) is 6.54 Å². The fraction of sp³-hybridized carbons (Fsp3) is 0.233. The Balaban J connectivity index is 1.61. The van der Waals surface area contributed by atoms with Crippen LogP contribution in [0.25, 0.3) is 17.0 Å². The number of allylic oxidation sites excluding steroid dienone is 1. The molecular formula is C30H30N4O3. The van der Waals surface area contributed by atoms with E-state index in [0.29, 0.717) is 18.3 Å². The minimum absolute atomic E-state index is 0.189. The largest absolute Gasteiger partial charge is 0.497 e. The number of methoxy groups -OCH3 is 1. The zero-order chi connectivity index (χ0) is 26.1. The first kappa shape index (κ1) is 24.3. The van der Waals surface area contributed by atoms with E-state index in [2.05, 4.69) is 36.5 Å².